The van der Waals surface area contributed by atoms with Crippen LogP contribution < -0.4 is 5.73 Å². The molecule has 3 aromatic rings. The molecule has 2 heterocycles. The first-order valence-electron chi connectivity index (χ1n) is 4.90. The van der Waals surface area contributed by atoms with E-state index in [-0.39, 0.29) is 0 Å². The Morgan fingerprint density at radius 1 is 1.38 bits per heavy atom. The van der Waals surface area contributed by atoms with E-state index in [4.69, 9.17) is 10.2 Å². The predicted octanol–water partition coefficient (Wildman–Crippen LogP) is 2.11. The molecule has 16 heavy (non-hydrogen) atoms. The minimum atomic E-state index is 0.421. The molecule has 0 aliphatic heterocycles. The van der Waals surface area contributed by atoms with Gasteiger partial charge in [0, 0.05) is 11.3 Å². The van der Waals surface area contributed by atoms with E-state index < -0.39 is 0 Å². The zero-order valence-corrected chi connectivity index (χ0v) is 8.69. The molecule has 0 unspecified atom stereocenters. The summed E-state index contributed by atoms with van der Waals surface area (Å²) in [5.41, 5.74) is 9.95. The molecule has 0 atom stereocenters. The molecule has 0 saturated heterocycles. The molecule has 80 valence electrons. The van der Waals surface area contributed by atoms with Crippen LogP contribution >= 0.6 is 0 Å². The van der Waals surface area contributed by atoms with Gasteiger partial charge in [-0.25, -0.2) is 9.97 Å². The van der Waals surface area contributed by atoms with E-state index >= 15 is 0 Å². The van der Waals surface area contributed by atoms with Crippen LogP contribution in [0.1, 0.15) is 5.69 Å². The molecule has 5 heteroatoms. The van der Waals surface area contributed by atoms with Gasteiger partial charge >= 0.3 is 0 Å². The lowest BCUT2D eigenvalue weighted by Crippen LogP contribution is -1.85. The summed E-state index contributed by atoms with van der Waals surface area (Å²) in [5.74, 6) is 0.421. The molecule has 0 bridgehead atoms. The van der Waals surface area contributed by atoms with E-state index in [1.165, 1.54) is 6.39 Å². The lowest BCUT2D eigenvalue weighted by atomic mass is 10.1. The number of nitrogens with two attached hydrogens (primary N) is 1. The number of fused-ring (bicyclic) bond motifs is 1. The van der Waals surface area contributed by atoms with Gasteiger partial charge in [0.2, 0.25) is 0 Å². The maximum Gasteiger partial charge on any atom is 0.198 e. The number of aryl methyl sites for hydroxylation is 1. The van der Waals surface area contributed by atoms with Crippen LogP contribution in [0.25, 0.3) is 22.4 Å². The van der Waals surface area contributed by atoms with Crippen LogP contribution in [0.15, 0.2) is 29.0 Å². The van der Waals surface area contributed by atoms with Gasteiger partial charge in [0.1, 0.15) is 5.52 Å². The molecule has 0 radical (unpaired) electrons. The Labute approximate surface area is 91.3 Å². The summed E-state index contributed by atoms with van der Waals surface area (Å²) in [7, 11) is 0. The molecular weight excluding hydrogens is 204 g/mol. The summed E-state index contributed by atoms with van der Waals surface area (Å²) in [6, 6.07) is 5.76. The molecule has 3 N–H and O–H groups in total. The maximum absolute atomic E-state index is 5.61. The van der Waals surface area contributed by atoms with Crippen molar-refractivity contribution in [2.75, 3.05) is 5.73 Å². The third-order valence-corrected chi connectivity index (χ3v) is 2.51. The van der Waals surface area contributed by atoms with Gasteiger partial charge in [0.15, 0.2) is 17.9 Å². The van der Waals surface area contributed by atoms with Crippen LogP contribution in [0.5, 0.6) is 0 Å². The van der Waals surface area contributed by atoms with Crippen molar-refractivity contribution in [3.63, 3.8) is 0 Å². The number of nitrogens with one attached hydrogen (secondary N) is 1. The number of rotatable bonds is 1. The number of hydrogen-bond donors (Lipinski definition) is 2. The third kappa shape index (κ3) is 1.25. The number of H-pyrrole nitrogens is 1. The van der Waals surface area contributed by atoms with Crippen molar-refractivity contribution in [3.8, 4) is 11.3 Å². The van der Waals surface area contributed by atoms with Crippen molar-refractivity contribution in [3.05, 3.63) is 30.3 Å². The summed E-state index contributed by atoms with van der Waals surface area (Å²) in [4.78, 5) is 11.3. The molecule has 3 rings (SSSR count). The Morgan fingerprint density at radius 2 is 2.25 bits per heavy atom. The number of nitrogens with zero attached hydrogens (tertiary/aromatic N) is 2. The Kier molecular flexibility index (Phi) is 1.73. The van der Waals surface area contributed by atoms with Crippen LogP contribution in [0, 0.1) is 6.92 Å². The number of imidazole rings is 1. The molecule has 0 amide bonds. The Morgan fingerprint density at radius 3 is 3.00 bits per heavy atom. The number of aromatic nitrogens is 3. The number of hydrogen-bond acceptors (Lipinski definition) is 4. The van der Waals surface area contributed by atoms with Crippen molar-refractivity contribution in [2.24, 2.45) is 0 Å². The van der Waals surface area contributed by atoms with Crippen molar-refractivity contribution in [1.82, 2.24) is 15.0 Å². The number of aromatic amines is 1. The molecule has 0 spiro atoms. The largest absolute Gasteiger partial charge is 0.443 e. The second-order valence-corrected chi connectivity index (χ2v) is 3.63. The van der Waals surface area contributed by atoms with Gasteiger partial charge in [-0.15, -0.1) is 0 Å². The van der Waals surface area contributed by atoms with Crippen molar-refractivity contribution in [1.29, 1.82) is 0 Å². The lowest BCUT2D eigenvalue weighted by molar-refractivity contribution is 0.602. The first-order chi connectivity index (χ1) is 7.74. The predicted molar refractivity (Wildman–Crippen MR) is 60.7 cm³/mol. The average molecular weight is 214 g/mol. The van der Waals surface area contributed by atoms with Gasteiger partial charge in [0.05, 0.1) is 5.69 Å². The minimum Gasteiger partial charge on any atom is -0.443 e. The second-order valence-electron chi connectivity index (χ2n) is 3.63. The zero-order chi connectivity index (χ0) is 11.1. The summed E-state index contributed by atoms with van der Waals surface area (Å²) in [6.45, 7) is 1.93. The van der Waals surface area contributed by atoms with Crippen LogP contribution in [0.3, 0.4) is 0 Å². The first-order valence-corrected chi connectivity index (χ1v) is 4.90. The number of benzene rings is 1. The number of oxazole rings is 1. The lowest BCUT2D eigenvalue weighted by Gasteiger charge is -1.97. The van der Waals surface area contributed by atoms with Gasteiger partial charge in [0.25, 0.3) is 0 Å². The van der Waals surface area contributed by atoms with E-state index in [0.717, 1.165) is 28.1 Å². The second kappa shape index (κ2) is 3.10. The third-order valence-electron chi connectivity index (χ3n) is 2.51. The summed E-state index contributed by atoms with van der Waals surface area (Å²) < 4.78 is 5.25. The first kappa shape index (κ1) is 8.96. The van der Waals surface area contributed by atoms with E-state index in [2.05, 4.69) is 15.0 Å². The van der Waals surface area contributed by atoms with Gasteiger partial charge in [-0.05, 0) is 19.1 Å². The summed E-state index contributed by atoms with van der Waals surface area (Å²) in [6.07, 6.45) is 1.43. The van der Waals surface area contributed by atoms with Crippen molar-refractivity contribution >= 4 is 17.0 Å². The molecule has 0 aliphatic carbocycles. The highest BCUT2D eigenvalue weighted by molar-refractivity contribution is 5.79. The smallest absolute Gasteiger partial charge is 0.198 e. The Hall–Kier alpha value is -2.30. The average Bonchev–Trinajstić information content (AvgIpc) is 2.83. The summed E-state index contributed by atoms with van der Waals surface area (Å²) in [5, 5.41) is 0. The normalized spacial score (nSPS) is 11.1. The Balaban J connectivity index is 2.21. The highest BCUT2D eigenvalue weighted by Crippen LogP contribution is 2.25. The van der Waals surface area contributed by atoms with Gasteiger partial charge in [-0.2, -0.15) is 0 Å². The highest BCUT2D eigenvalue weighted by Gasteiger charge is 2.09. The van der Waals surface area contributed by atoms with Crippen molar-refractivity contribution < 1.29 is 4.42 Å². The molecule has 1 aromatic carbocycles. The monoisotopic (exact) mass is 214 g/mol. The summed E-state index contributed by atoms with van der Waals surface area (Å²) >= 11 is 0. The Bertz CT molecular complexity index is 653. The highest BCUT2D eigenvalue weighted by atomic mass is 16.3. The van der Waals surface area contributed by atoms with E-state index in [0.29, 0.717) is 5.95 Å². The van der Waals surface area contributed by atoms with Crippen LogP contribution in [-0.4, -0.2) is 15.0 Å². The van der Waals surface area contributed by atoms with E-state index in [9.17, 15) is 0 Å². The van der Waals surface area contributed by atoms with Crippen LogP contribution in [0.4, 0.5) is 5.95 Å². The van der Waals surface area contributed by atoms with Crippen LogP contribution in [-0.2, 0) is 0 Å². The number of anilines is 1. The molecule has 5 nitrogen and oxygen atoms in total. The van der Waals surface area contributed by atoms with Crippen LogP contribution in [0.2, 0.25) is 0 Å². The van der Waals surface area contributed by atoms with E-state index in [1.807, 2.05) is 25.1 Å². The van der Waals surface area contributed by atoms with Gasteiger partial charge in [-0.3, -0.25) is 0 Å². The number of nitrogen functional groups attached to an aromatic ring is 1. The fraction of sp³-hybridized carbons (Fsp3) is 0.0909. The minimum absolute atomic E-state index is 0.421. The molecular formula is C11H10N4O. The molecule has 0 aliphatic rings. The van der Waals surface area contributed by atoms with E-state index in [1.54, 1.807) is 0 Å². The molecule has 2 aromatic heterocycles. The zero-order valence-electron chi connectivity index (χ0n) is 8.69. The standard InChI is InChI=1S/C11H10N4O/c1-6-10(15-11(12)14-6)7-2-3-8-9(4-7)16-5-13-8/h2-5H,1H3,(H3,12,14,15). The topological polar surface area (TPSA) is 80.7 Å². The van der Waals surface area contributed by atoms with Gasteiger partial charge < -0.3 is 15.1 Å². The van der Waals surface area contributed by atoms with Gasteiger partial charge in [-0.1, -0.05) is 6.07 Å². The van der Waals surface area contributed by atoms with Crippen molar-refractivity contribution in [2.45, 2.75) is 6.92 Å². The maximum atomic E-state index is 5.61. The molecule has 0 fully saturated rings. The fourth-order valence-electron chi connectivity index (χ4n) is 1.77. The quantitative estimate of drug-likeness (QED) is 0.650. The fourth-order valence-corrected chi connectivity index (χ4v) is 1.77. The molecule has 0 saturated carbocycles. The SMILES string of the molecule is Cc1[nH]c(N)nc1-c1ccc2ncoc2c1.